The molecule has 0 spiro atoms. The third-order valence-corrected chi connectivity index (χ3v) is 2.72. The van der Waals surface area contributed by atoms with E-state index in [9.17, 15) is 9.59 Å². The Bertz CT molecular complexity index is 211. The summed E-state index contributed by atoms with van der Waals surface area (Å²) in [5.74, 6) is -0.397. The number of nitrogens with one attached hydrogen (secondary N) is 2. The second kappa shape index (κ2) is 6.67. The first kappa shape index (κ1) is 13.2. The molecule has 0 aliphatic carbocycles. The van der Waals surface area contributed by atoms with Gasteiger partial charge in [-0.2, -0.15) is 11.8 Å². The maximum Gasteiger partial charge on any atom is 0.318 e. The summed E-state index contributed by atoms with van der Waals surface area (Å²) >= 11 is 1.71. The number of hydrogen-bond donors (Lipinski definition) is 3. The monoisotopic (exact) mass is 219 g/mol. The molecule has 0 aromatic rings. The van der Waals surface area contributed by atoms with Crippen LogP contribution in [0.15, 0.2) is 0 Å². The van der Waals surface area contributed by atoms with E-state index in [4.69, 9.17) is 5.73 Å². The van der Waals surface area contributed by atoms with Crippen LogP contribution in [0.1, 0.15) is 13.8 Å². The van der Waals surface area contributed by atoms with E-state index in [0.717, 1.165) is 0 Å². The van der Waals surface area contributed by atoms with Crippen molar-refractivity contribution < 1.29 is 9.59 Å². The zero-order valence-electron chi connectivity index (χ0n) is 8.66. The lowest BCUT2D eigenvalue weighted by Gasteiger charge is -2.15. The normalized spacial score (nSPS) is 14.5. The molecule has 5 nitrogen and oxygen atoms in total. The average molecular weight is 219 g/mol. The lowest BCUT2D eigenvalue weighted by atomic mass is 10.3. The van der Waals surface area contributed by atoms with E-state index in [0.29, 0.717) is 11.8 Å². The molecule has 14 heavy (non-hydrogen) atoms. The van der Waals surface area contributed by atoms with Gasteiger partial charge in [-0.25, -0.2) is 4.79 Å². The summed E-state index contributed by atoms with van der Waals surface area (Å²) in [5, 5.41) is 5.44. The summed E-state index contributed by atoms with van der Waals surface area (Å²) in [5.41, 5.74) is 4.81. The molecule has 0 fully saturated rings. The maximum atomic E-state index is 11.2. The fourth-order valence-corrected chi connectivity index (χ4v) is 1.01. The molecule has 0 rings (SSSR count). The van der Waals surface area contributed by atoms with E-state index in [1.165, 1.54) is 0 Å². The van der Waals surface area contributed by atoms with E-state index in [2.05, 4.69) is 12.2 Å². The van der Waals surface area contributed by atoms with Crippen molar-refractivity contribution in [3.63, 3.8) is 0 Å². The number of urea groups is 1. The topological polar surface area (TPSA) is 84.2 Å². The Morgan fingerprint density at radius 2 is 2.00 bits per heavy atom. The first-order chi connectivity index (χ1) is 6.47. The van der Waals surface area contributed by atoms with Crippen molar-refractivity contribution >= 4 is 23.7 Å². The molecular weight excluding hydrogens is 202 g/mol. The molecule has 0 saturated heterocycles. The summed E-state index contributed by atoms with van der Waals surface area (Å²) < 4.78 is 0. The van der Waals surface area contributed by atoms with Crippen LogP contribution < -0.4 is 16.4 Å². The molecule has 3 amide bonds. The minimum absolute atomic E-state index is 0.397. The lowest BCUT2D eigenvalue weighted by Crippen LogP contribution is -2.47. The molecule has 0 heterocycles. The maximum absolute atomic E-state index is 11.2. The zero-order chi connectivity index (χ0) is 11.1. The first-order valence-corrected chi connectivity index (χ1v) is 5.62. The van der Waals surface area contributed by atoms with Crippen LogP contribution in [0.25, 0.3) is 0 Å². The van der Waals surface area contributed by atoms with Gasteiger partial charge in [0.25, 0.3) is 0 Å². The van der Waals surface area contributed by atoms with Gasteiger partial charge in [0, 0.05) is 11.8 Å². The van der Waals surface area contributed by atoms with Gasteiger partial charge in [0.05, 0.1) is 6.04 Å². The molecule has 2 unspecified atom stereocenters. The second-order valence-corrected chi connectivity index (χ2v) is 4.31. The van der Waals surface area contributed by atoms with Crippen LogP contribution in [-0.2, 0) is 4.79 Å². The molecule has 0 aromatic carbocycles. The molecule has 0 aromatic heterocycles. The predicted octanol–water partition coefficient (Wildman–Crippen LogP) is -0.0891. The minimum Gasteiger partial charge on any atom is -0.351 e. The van der Waals surface area contributed by atoms with Crippen molar-refractivity contribution in [2.45, 2.75) is 25.1 Å². The van der Waals surface area contributed by atoms with Crippen molar-refractivity contribution in [1.82, 2.24) is 10.6 Å². The second-order valence-electron chi connectivity index (χ2n) is 3.03. The number of imide groups is 1. The Morgan fingerprint density at radius 1 is 1.43 bits per heavy atom. The van der Waals surface area contributed by atoms with Gasteiger partial charge in [-0.1, -0.05) is 6.92 Å². The molecule has 2 atom stereocenters. The number of nitrogens with two attached hydrogens (primary N) is 1. The summed E-state index contributed by atoms with van der Waals surface area (Å²) in [7, 11) is 0. The van der Waals surface area contributed by atoms with Gasteiger partial charge in [-0.15, -0.1) is 0 Å². The molecule has 0 bridgehead atoms. The first-order valence-electron chi connectivity index (χ1n) is 4.33. The van der Waals surface area contributed by atoms with E-state index in [1.807, 2.05) is 11.6 Å². The third-order valence-electron chi connectivity index (χ3n) is 1.75. The van der Waals surface area contributed by atoms with Crippen LogP contribution in [0.4, 0.5) is 4.79 Å². The van der Waals surface area contributed by atoms with E-state index >= 15 is 0 Å². The summed E-state index contributed by atoms with van der Waals surface area (Å²) in [6.45, 7) is 4.45. The molecule has 4 N–H and O–H groups in total. The van der Waals surface area contributed by atoms with Crippen molar-refractivity contribution in [2.24, 2.45) is 5.73 Å². The van der Waals surface area contributed by atoms with Crippen molar-refractivity contribution in [3.8, 4) is 0 Å². The smallest absolute Gasteiger partial charge is 0.318 e. The molecule has 0 aliphatic heterocycles. The van der Waals surface area contributed by atoms with Gasteiger partial charge in [-0.05, 0) is 13.2 Å². The number of carbonyl (C=O) groups is 2. The van der Waals surface area contributed by atoms with Crippen LogP contribution in [0.5, 0.6) is 0 Å². The zero-order valence-corrected chi connectivity index (χ0v) is 9.48. The van der Waals surface area contributed by atoms with Gasteiger partial charge in [0.1, 0.15) is 0 Å². The van der Waals surface area contributed by atoms with Gasteiger partial charge >= 0.3 is 6.03 Å². The summed E-state index contributed by atoms with van der Waals surface area (Å²) in [6, 6.07) is -1.22. The summed E-state index contributed by atoms with van der Waals surface area (Å²) in [4.78, 5) is 21.5. The highest BCUT2D eigenvalue weighted by atomic mass is 32.2. The molecule has 0 radical (unpaired) electrons. The molecular formula is C8H17N3O2S. The highest BCUT2D eigenvalue weighted by Gasteiger charge is 2.14. The van der Waals surface area contributed by atoms with Gasteiger partial charge in [0.2, 0.25) is 5.91 Å². The molecule has 6 heteroatoms. The van der Waals surface area contributed by atoms with Crippen molar-refractivity contribution in [1.29, 1.82) is 0 Å². The van der Waals surface area contributed by atoms with Crippen LogP contribution in [0.3, 0.4) is 0 Å². The molecule has 0 aliphatic rings. The van der Waals surface area contributed by atoms with Crippen molar-refractivity contribution in [3.05, 3.63) is 0 Å². The van der Waals surface area contributed by atoms with Gasteiger partial charge < -0.3 is 11.1 Å². The standard InChI is InChI=1S/C8H17N3O2S/c1-5(14-3)4-10-6(2)7(12)11-8(9)13/h5-6,10H,4H2,1-3H3,(H3,9,11,12,13). The Balaban J connectivity index is 3.78. The van der Waals surface area contributed by atoms with E-state index in [-0.39, 0.29) is 0 Å². The molecule has 82 valence electrons. The van der Waals surface area contributed by atoms with Crippen LogP contribution in [0, 0.1) is 0 Å². The Hall–Kier alpha value is -0.750. The van der Waals surface area contributed by atoms with Crippen LogP contribution in [-0.4, -0.2) is 36.0 Å². The number of primary amides is 1. The average Bonchev–Trinajstić information content (AvgIpc) is 2.12. The lowest BCUT2D eigenvalue weighted by molar-refractivity contribution is -0.121. The fourth-order valence-electron chi connectivity index (χ4n) is 0.748. The number of thioether (sulfide) groups is 1. The third kappa shape index (κ3) is 5.82. The Morgan fingerprint density at radius 3 is 2.43 bits per heavy atom. The Labute approximate surface area is 88.2 Å². The fraction of sp³-hybridized carbons (Fsp3) is 0.750. The highest BCUT2D eigenvalue weighted by Crippen LogP contribution is 2.02. The number of amides is 3. The summed E-state index contributed by atoms with van der Waals surface area (Å²) in [6.07, 6.45) is 2.00. The predicted molar refractivity (Wildman–Crippen MR) is 58.2 cm³/mol. The quantitative estimate of drug-likeness (QED) is 0.603. The SMILES string of the molecule is CSC(C)CNC(C)C(=O)NC(N)=O. The van der Waals surface area contributed by atoms with E-state index in [1.54, 1.807) is 18.7 Å². The minimum atomic E-state index is -0.818. The van der Waals surface area contributed by atoms with Gasteiger partial charge in [-0.3, -0.25) is 10.1 Å². The molecule has 0 saturated carbocycles. The number of hydrogen-bond acceptors (Lipinski definition) is 4. The van der Waals surface area contributed by atoms with Crippen LogP contribution >= 0.6 is 11.8 Å². The van der Waals surface area contributed by atoms with Gasteiger partial charge in [0.15, 0.2) is 0 Å². The Kier molecular flexibility index (Phi) is 6.31. The number of carbonyl (C=O) groups excluding carboxylic acids is 2. The van der Waals surface area contributed by atoms with Crippen molar-refractivity contribution in [2.75, 3.05) is 12.8 Å². The largest absolute Gasteiger partial charge is 0.351 e. The van der Waals surface area contributed by atoms with Crippen LogP contribution in [0.2, 0.25) is 0 Å². The van der Waals surface area contributed by atoms with E-state index < -0.39 is 18.0 Å². The highest BCUT2D eigenvalue weighted by molar-refractivity contribution is 7.99. The number of rotatable bonds is 5.